The van der Waals surface area contributed by atoms with E-state index < -0.39 is 0 Å². The van der Waals surface area contributed by atoms with Gasteiger partial charge < -0.3 is 10.6 Å². The van der Waals surface area contributed by atoms with E-state index >= 15 is 0 Å². The molecule has 1 aromatic carbocycles. The third kappa shape index (κ3) is 2.93. The average molecular weight is 253 g/mol. The number of para-hydroxylation sites is 1. The summed E-state index contributed by atoms with van der Waals surface area (Å²) in [7, 11) is 0. The lowest BCUT2D eigenvalue weighted by Gasteiger charge is -2.27. The summed E-state index contributed by atoms with van der Waals surface area (Å²) in [6.45, 7) is 3.98. The van der Waals surface area contributed by atoms with Crippen LogP contribution in [0.2, 0.25) is 5.02 Å². The van der Waals surface area contributed by atoms with E-state index in [-0.39, 0.29) is 0 Å². The molecule has 2 rings (SSSR count). The molecular weight excluding hydrogens is 232 g/mol. The number of halogens is 1. The molecule has 0 saturated heterocycles. The van der Waals surface area contributed by atoms with Gasteiger partial charge in [0.1, 0.15) is 0 Å². The predicted molar refractivity (Wildman–Crippen MR) is 74.9 cm³/mol. The van der Waals surface area contributed by atoms with Crippen molar-refractivity contribution >= 4 is 17.3 Å². The number of anilines is 1. The summed E-state index contributed by atoms with van der Waals surface area (Å²) in [5, 5.41) is 0.872. The van der Waals surface area contributed by atoms with Crippen LogP contribution in [0.4, 0.5) is 5.69 Å². The Labute approximate surface area is 109 Å². The molecule has 0 atom stereocenters. The Balaban J connectivity index is 2.32. The van der Waals surface area contributed by atoms with Crippen LogP contribution in [0.1, 0.15) is 31.7 Å². The zero-order chi connectivity index (χ0) is 12.3. The van der Waals surface area contributed by atoms with E-state index in [0.717, 1.165) is 24.4 Å². The van der Waals surface area contributed by atoms with E-state index in [4.69, 9.17) is 17.3 Å². The second-order valence-corrected chi connectivity index (χ2v) is 5.12. The first-order valence-electron chi connectivity index (χ1n) is 6.52. The van der Waals surface area contributed by atoms with Crippen LogP contribution in [0, 0.1) is 0 Å². The molecule has 0 bridgehead atoms. The van der Waals surface area contributed by atoms with Gasteiger partial charge in [0.25, 0.3) is 0 Å². The van der Waals surface area contributed by atoms with E-state index in [2.05, 4.69) is 17.9 Å². The van der Waals surface area contributed by atoms with E-state index in [1.54, 1.807) is 0 Å². The third-order valence-electron chi connectivity index (χ3n) is 3.22. The summed E-state index contributed by atoms with van der Waals surface area (Å²) in [5.41, 5.74) is 8.20. The molecule has 17 heavy (non-hydrogen) atoms. The highest BCUT2D eigenvalue weighted by atomic mass is 35.5. The van der Waals surface area contributed by atoms with Gasteiger partial charge >= 0.3 is 0 Å². The van der Waals surface area contributed by atoms with E-state index in [1.165, 1.54) is 24.1 Å². The number of nitrogens with zero attached hydrogens (tertiary/aromatic N) is 1. The van der Waals surface area contributed by atoms with Crippen LogP contribution in [0.3, 0.4) is 0 Å². The lowest BCUT2D eigenvalue weighted by atomic mass is 10.1. The summed E-state index contributed by atoms with van der Waals surface area (Å²) in [6.07, 6.45) is 4.66. The third-order valence-corrected chi connectivity index (χ3v) is 3.53. The Kier molecular flexibility index (Phi) is 4.30. The van der Waals surface area contributed by atoms with Crippen LogP contribution in [0.5, 0.6) is 0 Å². The molecule has 2 nitrogen and oxygen atoms in total. The fourth-order valence-electron chi connectivity index (χ4n) is 2.34. The normalized spacial score (nSPS) is 15.0. The molecule has 1 aromatic rings. The zero-order valence-electron chi connectivity index (χ0n) is 10.5. The summed E-state index contributed by atoms with van der Waals surface area (Å²) in [6, 6.07) is 6.86. The summed E-state index contributed by atoms with van der Waals surface area (Å²) < 4.78 is 0. The van der Waals surface area contributed by atoms with Crippen molar-refractivity contribution in [2.75, 3.05) is 18.0 Å². The van der Waals surface area contributed by atoms with Gasteiger partial charge in [-0.25, -0.2) is 0 Å². The SMILES string of the molecule is CCCN(c1c(Cl)cccc1CCN)C1CC1. The Bertz CT molecular complexity index is 374. The van der Waals surface area contributed by atoms with Gasteiger partial charge in [-0.2, -0.15) is 0 Å². The van der Waals surface area contributed by atoms with Gasteiger partial charge in [0.15, 0.2) is 0 Å². The molecular formula is C14H21ClN2. The van der Waals surface area contributed by atoms with Crippen LogP contribution in [0.15, 0.2) is 18.2 Å². The molecule has 1 aliphatic rings. The molecule has 0 aliphatic heterocycles. The van der Waals surface area contributed by atoms with Crippen molar-refractivity contribution in [2.24, 2.45) is 5.73 Å². The minimum Gasteiger partial charge on any atom is -0.367 e. The van der Waals surface area contributed by atoms with Gasteiger partial charge in [0.05, 0.1) is 10.7 Å². The quantitative estimate of drug-likeness (QED) is 0.842. The van der Waals surface area contributed by atoms with Crippen LogP contribution in [0.25, 0.3) is 0 Å². The summed E-state index contributed by atoms with van der Waals surface area (Å²) >= 11 is 6.38. The van der Waals surface area contributed by atoms with Gasteiger partial charge in [-0.05, 0) is 43.9 Å². The Morgan fingerprint density at radius 1 is 1.41 bits per heavy atom. The average Bonchev–Trinajstić information content (AvgIpc) is 3.12. The molecule has 0 aromatic heterocycles. The second kappa shape index (κ2) is 5.74. The first-order valence-corrected chi connectivity index (χ1v) is 6.89. The molecule has 94 valence electrons. The van der Waals surface area contributed by atoms with Crippen LogP contribution in [-0.2, 0) is 6.42 Å². The Hall–Kier alpha value is -0.730. The minimum atomic E-state index is 0.679. The molecule has 1 aliphatic carbocycles. The van der Waals surface area contributed by atoms with Gasteiger partial charge in [0, 0.05) is 12.6 Å². The highest BCUT2D eigenvalue weighted by molar-refractivity contribution is 6.33. The number of nitrogens with two attached hydrogens (primary N) is 1. The van der Waals surface area contributed by atoms with Crippen LogP contribution in [-0.4, -0.2) is 19.1 Å². The van der Waals surface area contributed by atoms with Crippen LogP contribution < -0.4 is 10.6 Å². The largest absolute Gasteiger partial charge is 0.367 e. The fourth-order valence-corrected chi connectivity index (χ4v) is 2.65. The predicted octanol–water partition coefficient (Wildman–Crippen LogP) is 3.22. The van der Waals surface area contributed by atoms with Gasteiger partial charge in [-0.1, -0.05) is 30.7 Å². The summed E-state index contributed by atoms with van der Waals surface area (Å²) in [5.74, 6) is 0. The molecule has 0 amide bonds. The maximum Gasteiger partial charge on any atom is 0.0642 e. The van der Waals surface area contributed by atoms with Crippen molar-refractivity contribution in [1.82, 2.24) is 0 Å². The molecule has 1 saturated carbocycles. The maximum absolute atomic E-state index is 6.38. The zero-order valence-corrected chi connectivity index (χ0v) is 11.2. The van der Waals surface area contributed by atoms with Crippen molar-refractivity contribution in [2.45, 2.75) is 38.6 Å². The molecule has 2 N–H and O–H groups in total. The van der Waals surface area contributed by atoms with Crippen molar-refractivity contribution < 1.29 is 0 Å². The smallest absolute Gasteiger partial charge is 0.0642 e. The maximum atomic E-state index is 6.38. The first-order chi connectivity index (χ1) is 8.27. The lowest BCUT2D eigenvalue weighted by molar-refractivity contribution is 0.756. The van der Waals surface area contributed by atoms with Crippen molar-refractivity contribution in [3.63, 3.8) is 0 Å². The number of hydrogen-bond donors (Lipinski definition) is 1. The monoisotopic (exact) mass is 252 g/mol. The minimum absolute atomic E-state index is 0.679. The van der Waals surface area contributed by atoms with E-state index in [0.29, 0.717) is 12.6 Å². The van der Waals surface area contributed by atoms with Gasteiger partial charge in [0.2, 0.25) is 0 Å². The molecule has 0 spiro atoms. The number of benzene rings is 1. The highest BCUT2D eigenvalue weighted by Crippen LogP contribution is 2.38. The molecule has 1 fully saturated rings. The number of rotatable bonds is 6. The standard InChI is InChI=1S/C14H21ClN2/c1-2-10-17(12-6-7-12)14-11(8-9-16)4-3-5-13(14)15/h3-5,12H,2,6-10,16H2,1H3. The lowest BCUT2D eigenvalue weighted by Crippen LogP contribution is -2.28. The number of hydrogen-bond acceptors (Lipinski definition) is 2. The fraction of sp³-hybridized carbons (Fsp3) is 0.571. The van der Waals surface area contributed by atoms with Crippen LogP contribution >= 0.6 is 11.6 Å². The van der Waals surface area contributed by atoms with E-state index in [1.807, 2.05) is 12.1 Å². The van der Waals surface area contributed by atoms with Crippen molar-refractivity contribution in [3.05, 3.63) is 28.8 Å². The van der Waals surface area contributed by atoms with Gasteiger partial charge in [-0.15, -0.1) is 0 Å². The molecule has 3 heteroatoms. The Morgan fingerprint density at radius 2 is 2.18 bits per heavy atom. The van der Waals surface area contributed by atoms with Crippen molar-refractivity contribution in [1.29, 1.82) is 0 Å². The highest BCUT2D eigenvalue weighted by Gasteiger charge is 2.30. The second-order valence-electron chi connectivity index (χ2n) is 4.71. The van der Waals surface area contributed by atoms with Crippen molar-refractivity contribution in [3.8, 4) is 0 Å². The van der Waals surface area contributed by atoms with Gasteiger partial charge in [-0.3, -0.25) is 0 Å². The summed E-state index contributed by atoms with van der Waals surface area (Å²) in [4.78, 5) is 2.48. The Morgan fingerprint density at radius 3 is 2.76 bits per heavy atom. The topological polar surface area (TPSA) is 29.3 Å². The van der Waals surface area contributed by atoms with E-state index in [9.17, 15) is 0 Å². The first kappa shape index (κ1) is 12.7. The molecule has 0 heterocycles. The molecule has 0 radical (unpaired) electrons. The molecule has 0 unspecified atom stereocenters.